The molecule has 0 fully saturated rings. The molecule has 0 aliphatic rings. The molecule has 2 rings (SSSR count). The molecule has 1 N–H and O–H groups in total. The van der Waals surface area contributed by atoms with Crippen molar-refractivity contribution in [2.45, 2.75) is 6.10 Å². The van der Waals surface area contributed by atoms with E-state index in [9.17, 15) is 5.11 Å². The van der Waals surface area contributed by atoms with Crippen LogP contribution in [0.3, 0.4) is 0 Å². The number of hydrogen-bond donors (Lipinski definition) is 1. The summed E-state index contributed by atoms with van der Waals surface area (Å²) in [6.07, 6.45) is -0.912. The molecule has 100 valence electrons. The maximum absolute atomic E-state index is 10.4. The molecule has 1 atom stereocenters. The Labute approximate surface area is 126 Å². The number of aliphatic hydroxyl groups excluding tert-OH is 1. The summed E-state index contributed by atoms with van der Waals surface area (Å²) >= 11 is 17.8. The smallest absolute Gasteiger partial charge is 0.125 e. The van der Waals surface area contributed by atoms with Gasteiger partial charge < -0.3 is 9.84 Å². The second kappa shape index (κ2) is 6.02. The predicted octanol–water partition coefficient (Wildman–Crippen LogP) is 4.74. The predicted molar refractivity (Wildman–Crippen MR) is 78.5 cm³/mol. The van der Waals surface area contributed by atoms with Crippen molar-refractivity contribution in [1.29, 1.82) is 0 Å². The van der Waals surface area contributed by atoms with E-state index in [1.54, 1.807) is 36.4 Å². The molecule has 2 aromatic carbocycles. The summed E-state index contributed by atoms with van der Waals surface area (Å²) in [7, 11) is 1.53. The van der Waals surface area contributed by atoms with Crippen molar-refractivity contribution in [3.63, 3.8) is 0 Å². The highest BCUT2D eigenvalue weighted by Crippen LogP contribution is 2.34. The molecule has 0 aromatic heterocycles. The lowest BCUT2D eigenvalue weighted by Gasteiger charge is -2.16. The maximum Gasteiger partial charge on any atom is 0.125 e. The van der Waals surface area contributed by atoms with Gasteiger partial charge in [-0.25, -0.2) is 0 Å². The first-order valence-electron chi connectivity index (χ1n) is 5.48. The second-order valence-electron chi connectivity index (χ2n) is 3.99. The highest BCUT2D eigenvalue weighted by atomic mass is 35.5. The van der Waals surface area contributed by atoms with E-state index in [0.717, 1.165) is 0 Å². The van der Waals surface area contributed by atoms with Crippen molar-refractivity contribution < 1.29 is 9.84 Å². The molecule has 2 nitrogen and oxygen atoms in total. The number of halogens is 3. The third-order valence-corrected chi connectivity index (χ3v) is 3.36. The van der Waals surface area contributed by atoms with Gasteiger partial charge in [0.1, 0.15) is 11.9 Å². The topological polar surface area (TPSA) is 29.5 Å². The fourth-order valence-electron chi connectivity index (χ4n) is 1.83. The normalized spacial score (nSPS) is 12.3. The van der Waals surface area contributed by atoms with Crippen molar-refractivity contribution in [3.8, 4) is 5.75 Å². The molecule has 0 saturated heterocycles. The molecule has 1 unspecified atom stereocenters. The number of aliphatic hydroxyl groups is 1. The third kappa shape index (κ3) is 3.34. The average Bonchev–Trinajstić information content (AvgIpc) is 2.36. The summed E-state index contributed by atoms with van der Waals surface area (Å²) in [4.78, 5) is 0. The largest absolute Gasteiger partial charge is 0.496 e. The lowest BCUT2D eigenvalue weighted by molar-refractivity contribution is 0.215. The van der Waals surface area contributed by atoms with Crippen LogP contribution in [-0.2, 0) is 0 Å². The van der Waals surface area contributed by atoms with E-state index in [0.29, 0.717) is 31.9 Å². The van der Waals surface area contributed by atoms with Crippen molar-refractivity contribution in [2.24, 2.45) is 0 Å². The lowest BCUT2D eigenvalue weighted by Crippen LogP contribution is -2.02. The van der Waals surface area contributed by atoms with E-state index >= 15 is 0 Å². The van der Waals surface area contributed by atoms with Gasteiger partial charge in [0.15, 0.2) is 0 Å². The van der Waals surface area contributed by atoms with Gasteiger partial charge in [-0.3, -0.25) is 0 Å². The summed E-state index contributed by atoms with van der Waals surface area (Å²) in [5.41, 5.74) is 1.14. The van der Waals surface area contributed by atoms with E-state index in [1.165, 1.54) is 7.11 Å². The summed E-state index contributed by atoms with van der Waals surface area (Å²) < 4.78 is 5.22. The van der Waals surface area contributed by atoms with Crippen LogP contribution in [0.15, 0.2) is 36.4 Å². The second-order valence-corrected chi connectivity index (χ2v) is 5.30. The molecule has 0 amide bonds. The van der Waals surface area contributed by atoms with Crippen LogP contribution in [0.1, 0.15) is 17.2 Å². The zero-order chi connectivity index (χ0) is 14.0. The summed E-state index contributed by atoms with van der Waals surface area (Å²) in [5.74, 6) is 0.549. The van der Waals surface area contributed by atoms with Crippen molar-refractivity contribution in [3.05, 3.63) is 62.6 Å². The van der Waals surface area contributed by atoms with Crippen LogP contribution >= 0.6 is 34.8 Å². The van der Waals surface area contributed by atoms with Crippen LogP contribution in [0.4, 0.5) is 0 Å². The SMILES string of the molecule is COc1ccc(Cl)cc1C(O)c1cc(Cl)cc(Cl)c1. The monoisotopic (exact) mass is 316 g/mol. The highest BCUT2D eigenvalue weighted by molar-refractivity contribution is 6.34. The molecular formula is C14H11Cl3O2. The molecule has 0 aliphatic carbocycles. The van der Waals surface area contributed by atoms with Gasteiger partial charge in [0.05, 0.1) is 7.11 Å². The van der Waals surface area contributed by atoms with Gasteiger partial charge in [0.25, 0.3) is 0 Å². The standard InChI is InChI=1S/C14H11Cl3O2/c1-19-13-3-2-9(15)7-12(13)14(18)8-4-10(16)6-11(17)5-8/h2-7,14,18H,1H3. The van der Waals surface area contributed by atoms with Crippen LogP contribution < -0.4 is 4.74 Å². The molecule has 0 radical (unpaired) electrons. The Morgan fingerprint density at radius 3 is 2.16 bits per heavy atom. The molecule has 2 aromatic rings. The van der Waals surface area contributed by atoms with Gasteiger partial charge in [-0.15, -0.1) is 0 Å². The van der Waals surface area contributed by atoms with Crippen molar-refractivity contribution in [2.75, 3.05) is 7.11 Å². The minimum Gasteiger partial charge on any atom is -0.496 e. The number of ether oxygens (including phenoxy) is 1. The van der Waals surface area contributed by atoms with E-state index in [1.807, 2.05) is 0 Å². The highest BCUT2D eigenvalue weighted by Gasteiger charge is 2.17. The number of methoxy groups -OCH3 is 1. The molecule has 0 heterocycles. The molecule has 19 heavy (non-hydrogen) atoms. The van der Waals surface area contributed by atoms with Crippen LogP contribution in [0.5, 0.6) is 5.75 Å². The summed E-state index contributed by atoms with van der Waals surface area (Å²) in [5, 5.41) is 11.9. The lowest BCUT2D eigenvalue weighted by atomic mass is 10.0. The van der Waals surface area contributed by atoms with E-state index in [2.05, 4.69) is 0 Å². The first-order valence-corrected chi connectivity index (χ1v) is 6.62. The van der Waals surface area contributed by atoms with Gasteiger partial charge in [-0.2, -0.15) is 0 Å². The van der Waals surface area contributed by atoms with Crippen LogP contribution in [0, 0.1) is 0 Å². The Balaban J connectivity index is 2.48. The fourth-order valence-corrected chi connectivity index (χ4v) is 2.55. The fraction of sp³-hybridized carbons (Fsp3) is 0.143. The number of rotatable bonds is 3. The quantitative estimate of drug-likeness (QED) is 0.886. The Kier molecular flexibility index (Phi) is 4.58. The van der Waals surface area contributed by atoms with E-state index in [4.69, 9.17) is 39.5 Å². The Morgan fingerprint density at radius 1 is 0.947 bits per heavy atom. The Hall–Kier alpha value is -0.930. The number of benzene rings is 2. The van der Waals surface area contributed by atoms with E-state index < -0.39 is 6.10 Å². The third-order valence-electron chi connectivity index (χ3n) is 2.69. The minimum absolute atomic E-state index is 0.461. The van der Waals surface area contributed by atoms with Crippen LogP contribution in [0.25, 0.3) is 0 Å². The average molecular weight is 318 g/mol. The van der Waals surface area contributed by atoms with Gasteiger partial charge in [0.2, 0.25) is 0 Å². The molecule has 0 aliphatic heterocycles. The number of hydrogen-bond acceptors (Lipinski definition) is 2. The Morgan fingerprint density at radius 2 is 1.58 bits per heavy atom. The van der Waals surface area contributed by atoms with E-state index in [-0.39, 0.29) is 0 Å². The zero-order valence-corrected chi connectivity index (χ0v) is 12.3. The summed E-state index contributed by atoms with van der Waals surface area (Å²) in [6, 6.07) is 9.96. The van der Waals surface area contributed by atoms with Crippen molar-refractivity contribution in [1.82, 2.24) is 0 Å². The van der Waals surface area contributed by atoms with Crippen molar-refractivity contribution >= 4 is 34.8 Å². The maximum atomic E-state index is 10.4. The minimum atomic E-state index is -0.912. The molecule has 0 spiro atoms. The molecular weight excluding hydrogens is 307 g/mol. The van der Waals surface area contributed by atoms with Gasteiger partial charge in [-0.1, -0.05) is 34.8 Å². The first-order chi connectivity index (χ1) is 9.01. The first kappa shape index (κ1) is 14.5. The molecule has 0 saturated carbocycles. The van der Waals surface area contributed by atoms with Crippen LogP contribution in [-0.4, -0.2) is 12.2 Å². The van der Waals surface area contributed by atoms with Gasteiger partial charge in [-0.05, 0) is 42.0 Å². The summed E-state index contributed by atoms with van der Waals surface area (Å²) in [6.45, 7) is 0. The van der Waals surface area contributed by atoms with Gasteiger partial charge in [0, 0.05) is 20.6 Å². The Bertz CT molecular complexity index is 579. The zero-order valence-electron chi connectivity index (χ0n) is 10.0. The molecule has 5 heteroatoms. The van der Waals surface area contributed by atoms with Gasteiger partial charge >= 0.3 is 0 Å². The van der Waals surface area contributed by atoms with Crippen LogP contribution in [0.2, 0.25) is 15.1 Å². The molecule has 0 bridgehead atoms.